The number of hydrogen-bond acceptors (Lipinski definition) is 9. The van der Waals surface area contributed by atoms with Crippen LogP contribution < -0.4 is 5.32 Å². The molecule has 11 heteroatoms. The first-order chi connectivity index (χ1) is 14.3. The summed E-state index contributed by atoms with van der Waals surface area (Å²) in [5.41, 5.74) is 1.25. The number of nitrogens with one attached hydrogen (secondary N) is 2. The minimum Gasteiger partial charge on any atom is -0.463 e. The second kappa shape index (κ2) is 7.53. The van der Waals surface area contributed by atoms with Crippen molar-refractivity contribution in [1.29, 1.82) is 0 Å². The highest BCUT2D eigenvalue weighted by atomic mass is 32.2. The predicted octanol–water partition coefficient (Wildman–Crippen LogP) is 4.06. The Morgan fingerprint density at radius 3 is 2.79 bits per heavy atom. The summed E-state index contributed by atoms with van der Waals surface area (Å²) in [5, 5.41) is 11.5. The summed E-state index contributed by atoms with van der Waals surface area (Å²) in [6, 6.07) is 7.24. The van der Waals surface area contributed by atoms with Gasteiger partial charge in [-0.15, -0.1) is 0 Å². The molecule has 0 unspecified atom stereocenters. The van der Waals surface area contributed by atoms with Crippen molar-refractivity contribution in [3.05, 3.63) is 49.3 Å². The Hall–Kier alpha value is -3.44. The highest BCUT2D eigenvalue weighted by Gasteiger charge is 2.20. The van der Waals surface area contributed by atoms with Gasteiger partial charge in [-0.1, -0.05) is 23.1 Å². The van der Waals surface area contributed by atoms with Gasteiger partial charge in [0, 0.05) is 0 Å². The molecule has 5 heterocycles. The number of hydrogen-bond donors (Lipinski definition) is 2. The largest absolute Gasteiger partial charge is 0.463 e. The first-order valence-corrected chi connectivity index (χ1v) is 10.2. The van der Waals surface area contributed by atoms with Crippen molar-refractivity contribution in [3.8, 4) is 22.1 Å². The average Bonchev–Trinajstić information content (AvgIpc) is 3.52. The lowest BCUT2D eigenvalue weighted by Gasteiger charge is -2.02. The molecule has 0 aliphatic rings. The van der Waals surface area contributed by atoms with Crippen molar-refractivity contribution >= 4 is 45.2 Å². The van der Waals surface area contributed by atoms with E-state index in [-0.39, 0.29) is 11.7 Å². The third kappa shape index (κ3) is 3.52. The van der Waals surface area contributed by atoms with Crippen LogP contribution in [0, 0.1) is 0 Å². The van der Waals surface area contributed by atoms with Crippen LogP contribution in [0.25, 0.3) is 33.1 Å². The molecule has 0 aliphatic heterocycles. The van der Waals surface area contributed by atoms with Crippen LogP contribution in [-0.4, -0.2) is 36.8 Å². The molecule has 0 fully saturated rings. The fraction of sp³-hybridized carbons (Fsp3) is 0.0556. The van der Waals surface area contributed by atoms with E-state index in [1.807, 2.05) is 12.1 Å². The fourth-order valence-electron chi connectivity index (χ4n) is 2.68. The van der Waals surface area contributed by atoms with E-state index in [2.05, 4.69) is 30.5 Å². The van der Waals surface area contributed by atoms with Gasteiger partial charge in [-0.3, -0.25) is 9.89 Å². The molecule has 0 spiro atoms. The summed E-state index contributed by atoms with van der Waals surface area (Å²) in [4.78, 5) is 26.1. The van der Waals surface area contributed by atoms with E-state index < -0.39 is 0 Å². The monoisotopic (exact) mass is 424 g/mol. The summed E-state index contributed by atoms with van der Waals surface area (Å²) < 4.78 is 11.0. The molecule has 0 bridgehead atoms. The topological polar surface area (TPSA) is 123 Å². The van der Waals surface area contributed by atoms with Gasteiger partial charge in [-0.25, -0.2) is 15.0 Å². The third-order valence-corrected chi connectivity index (χ3v) is 5.92. The Balaban J connectivity index is 1.34. The van der Waals surface area contributed by atoms with Gasteiger partial charge in [0.1, 0.15) is 27.7 Å². The molecule has 0 aromatic carbocycles. The zero-order chi connectivity index (χ0) is 19.6. The van der Waals surface area contributed by atoms with E-state index in [0.717, 1.165) is 10.3 Å². The van der Waals surface area contributed by atoms with Gasteiger partial charge in [-0.05, 0) is 24.3 Å². The normalized spacial score (nSPS) is 11.2. The zero-order valence-electron chi connectivity index (χ0n) is 14.7. The van der Waals surface area contributed by atoms with Gasteiger partial charge < -0.3 is 14.2 Å². The number of thiazole rings is 1. The Bertz CT molecular complexity index is 1210. The van der Waals surface area contributed by atoms with Gasteiger partial charge in [-0.2, -0.15) is 5.10 Å². The van der Waals surface area contributed by atoms with E-state index in [9.17, 15) is 4.79 Å². The van der Waals surface area contributed by atoms with Crippen LogP contribution in [-0.2, 0) is 4.79 Å². The van der Waals surface area contributed by atoms with Crippen LogP contribution in [0.2, 0.25) is 0 Å². The molecule has 144 valence electrons. The van der Waals surface area contributed by atoms with Crippen LogP contribution in [0.1, 0.15) is 0 Å². The third-order valence-electron chi connectivity index (χ3n) is 3.92. The Morgan fingerprint density at radius 2 is 2.00 bits per heavy atom. The van der Waals surface area contributed by atoms with E-state index in [1.165, 1.54) is 29.4 Å². The van der Waals surface area contributed by atoms with Gasteiger partial charge in [0.2, 0.25) is 5.91 Å². The highest BCUT2D eigenvalue weighted by Crippen LogP contribution is 2.39. The lowest BCUT2D eigenvalue weighted by molar-refractivity contribution is -0.113. The number of aromatic nitrogens is 5. The van der Waals surface area contributed by atoms with E-state index >= 15 is 0 Å². The van der Waals surface area contributed by atoms with Crippen LogP contribution in [0.5, 0.6) is 0 Å². The van der Waals surface area contributed by atoms with Gasteiger partial charge >= 0.3 is 0 Å². The van der Waals surface area contributed by atoms with Crippen molar-refractivity contribution in [2.24, 2.45) is 0 Å². The van der Waals surface area contributed by atoms with E-state index in [1.54, 1.807) is 30.9 Å². The summed E-state index contributed by atoms with van der Waals surface area (Å²) in [6.07, 6.45) is 6.25. The minimum absolute atomic E-state index is 0.170. The number of H-pyrrole nitrogens is 1. The van der Waals surface area contributed by atoms with Gasteiger partial charge in [0.05, 0.1) is 29.9 Å². The predicted molar refractivity (Wildman–Crippen MR) is 109 cm³/mol. The maximum absolute atomic E-state index is 12.5. The van der Waals surface area contributed by atoms with Gasteiger partial charge in [0.15, 0.2) is 16.5 Å². The molecule has 5 rings (SSSR count). The Labute approximate surface area is 171 Å². The molecule has 5 aromatic rings. The summed E-state index contributed by atoms with van der Waals surface area (Å²) in [6.45, 7) is 0. The van der Waals surface area contributed by atoms with E-state index in [0.29, 0.717) is 33.0 Å². The summed E-state index contributed by atoms with van der Waals surface area (Å²) in [7, 11) is 0. The fourth-order valence-corrected chi connectivity index (χ4v) is 4.40. The van der Waals surface area contributed by atoms with Crippen molar-refractivity contribution < 1.29 is 13.6 Å². The zero-order valence-corrected chi connectivity index (χ0v) is 16.3. The Kier molecular flexibility index (Phi) is 4.58. The molecule has 1 amide bonds. The number of aromatic amines is 1. The average molecular weight is 424 g/mol. The highest BCUT2D eigenvalue weighted by molar-refractivity contribution is 8.00. The summed E-state index contributed by atoms with van der Waals surface area (Å²) >= 11 is 2.63. The van der Waals surface area contributed by atoms with Crippen molar-refractivity contribution in [1.82, 2.24) is 25.1 Å². The Morgan fingerprint density at radius 1 is 1.17 bits per heavy atom. The van der Waals surface area contributed by atoms with E-state index in [4.69, 9.17) is 8.83 Å². The molecular formula is C18H12N6O3S2. The number of rotatable bonds is 6. The number of carbonyl (C=O) groups excluding carboxylic acids is 1. The number of nitrogens with zero attached hydrogens (tertiary/aromatic N) is 4. The lowest BCUT2D eigenvalue weighted by atomic mass is 10.2. The van der Waals surface area contributed by atoms with Crippen LogP contribution in [0.4, 0.5) is 5.13 Å². The molecule has 29 heavy (non-hydrogen) atoms. The molecule has 0 saturated carbocycles. The first-order valence-electron chi connectivity index (χ1n) is 8.43. The number of amides is 1. The molecule has 0 saturated heterocycles. The maximum atomic E-state index is 12.5. The molecule has 0 aliphatic carbocycles. The molecule has 9 nitrogen and oxygen atoms in total. The molecular weight excluding hydrogens is 412 g/mol. The number of furan rings is 2. The van der Waals surface area contributed by atoms with Crippen LogP contribution >= 0.6 is 23.1 Å². The number of anilines is 1. The number of thioether (sulfide) groups is 1. The first kappa shape index (κ1) is 17.6. The van der Waals surface area contributed by atoms with Crippen LogP contribution in [0.15, 0.2) is 63.2 Å². The SMILES string of the molecule is O=C(CSc1ncnc2[nH]ncc12)Nc1nc(-c2ccco2)c(-c2ccco2)s1. The second-order valence-electron chi connectivity index (χ2n) is 5.80. The standard InChI is InChI=1S/C18H12N6O3S2/c25-13(8-28-17-10-7-21-24-16(10)19-9-20-17)22-18-23-14(11-3-1-5-26-11)15(29-18)12-4-2-6-27-12/h1-7,9H,8H2,(H,22,23,25)(H,19,20,21,24). The lowest BCUT2D eigenvalue weighted by Crippen LogP contribution is -2.13. The molecule has 5 aromatic heterocycles. The van der Waals surface area contributed by atoms with Crippen molar-refractivity contribution in [2.75, 3.05) is 11.1 Å². The second-order valence-corrected chi connectivity index (χ2v) is 7.76. The smallest absolute Gasteiger partial charge is 0.236 e. The molecule has 2 N–H and O–H groups in total. The van der Waals surface area contributed by atoms with Crippen LogP contribution in [0.3, 0.4) is 0 Å². The minimum atomic E-state index is -0.198. The quantitative estimate of drug-likeness (QED) is 0.309. The molecule has 0 radical (unpaired) electrons. The van der Waals surface area contributed by atoms with Crippen molar-refractivity contribution in [3.63, 3.8) is 0 Å². The summed E-state index contributed by atoms with van der Waals surface area (Å²) in [5.74, 6) is 1.23. The maximum Gasteiger partial charge on any atom is 0.236 e. The molecule has 0 atom stereocenters. The van der Waals surface area contributed by atoms with Crippen molar-refractivity contribution in [2.45, 2.75) is 5.03 Å². The number of fused-ring (bicyclic) bond motifs is 1. The van der Waals surface area contributed by atoms with Gasteiger partial charge in [0.25, 0.3) is 0 Å². The number of carbonyl (C=O) groups is 1.